The van der Waals surface area contributed by atoms with E-state index in [9.17, 15) is 18.0 Å². The Morgan fingerprint density at radius 1 is 1.14 bits per heavy atom. The van der Waals surface area contributed by atoms with Gasteiger partial charge in [0.05, 0.1) is 30.3 Å². The van der Waals surface area contributed by atoms with Gasteiger partial charge in [-0.15, -0.1) is 17.9 Å². The van der Waals surface area contributed by atoms with Crippen molar-refractivity contribution in [1.82, 2.24) is 19.5 Å². The van der Waals surface area contributed by atoms with Gasteiger partial charge in [0.2, 0.25) is 11.8 Å². The Bertz CT molecular complexity index is 1800. The molecule has 220 valence electrons. The number of hydrogen-bond donors (Lipinski definition) is 2. The van der Waals surface area contributed by atoms with Crippen molar-refractivity contribution in [2.45, 2.75) is 42.3 Å². The van der Waals surface area contributed by atoms with Gasteiger partial charge in [-0.25, -0.2) is 13.4 Å². The predicted molar refractivity (Wildman–Crippen MR) is 162 cm³/mol. The van der Waals surface area contributed by atoms with Crippen molar-refractivity contribution < 1.29 is 22.7 Å². The number of carbonyl (C=O) groups excluding carboxylic acids is 1. The van der Waals surface area contributed by atoms with E-state index in [-0.39, 0.29) is 46.4 Å². The molecule has 1 aliphatic carbocycles. The molecule has 15 heteroatoms. The van der Waals surface area contributed by atoms with E-state index in [1.807, 2.05) is 0 Å². The van der Waals surface area contributed by atoms with Crippen molar-refractivity contribution in [3.63, 3.8) is 0 Å². The number of carbonyl (C=O) groups is 1. The summed E-state index contributed by atoms with van der Waals surface area (Å²) in [5.41, 5.74) is 1.41. The number of nitrogens with one attached hydrogen (secondary N) is 2. The highest BCUT2D eigenvalue weighted by molar-refractivity contribution is 7.99. The molecule has 1 amide bonds. The first-order chi connectivity index (χ1) is 20.2. The predicted octanol–water partition coefficient (Wildman–Crippen LogP) is 3.86. The molecular weight excluding hydrogens is 601 g/mol. The number of ether oxygens (including phenoxy) is 2. The summed E-state index contributed by atoms with van der Waals surface area (Å²) in [6.07, 6.45) is 5.66. The normalized spacial score (nSPS) is 12.9. The number of fused-ring (bicyclic) bond motifs is 3. The van der Waals surface area contributed by atoms with Crippen LogP contribution in [0.15, 0.2) is 57.8 Å². The summed E-state index contributed by atoms with van der Waals surface area (Å²) in [6, 6.07) is 6.93. The third-order valence-electron chi connectivity index (χ3n) is 6.45. The number of thioether (sulfide) groups is 1. The van der Waals surface area contributed by atoms with E-state index in [1.54, 1.807) is 22.0 Å². The number of amides is 1. The van der Waals surface area contributed by atoms with Crippen LogP contribution in [0.2, 0.25) is 0 Å². The topological polar surface area (TPSA) is 154 Å². The average molecular weight is 629 g/mol. The minimum Gasteiger partial charge on any atom is -0.481 e. The van der Waals surface area contributed by atoms with E-state index >= 15 is 0 Å². The summed E-state index contributed by atoms with van der Waals surface area (Å²) in [7, 11) is -1.27. The van der Waals surface area contributed by atoms with Crippen molar-refractivity contribution in [2.75, 3.05) is 30.0 Å². The van der Waals surface area contributed by atoms with Crippen molar-refractivity contribution in [2.24, 2.45) is 0 Å². The molecule has 5 rings (SSSR count). The number of anilines is 2. The standard InChI is InChI=1S/C27H28N6O6S3/c1-4-13-33-25(35)23-18-7-5-6-8-19(18)41-24(23)31-27(33)40-15-21(34)28-16-9-11-17(12-10-16)42(36,37)32-20-14-22(38-2)30-26(29-20)39-3/h4,9-12,14H,1,5-8,13,15H2,2-3H3,(H,28,34)(H,29,30,32). The summed E-state index contributed by atoms with van der Waals surface area (Å²) < 4.78 is 39.7. The zero-order valence-corrected chi connectivity index (χ0v) is 25.3. The van der Waals surface area contributed by atoms with Crippen LogP contribution < -0.4 is 25.1 Å². The minimum atomic E-state index is -4.00. The third kappa shape index (κ3) is 6.27. The molecule has 0 spiro atoms. The molecule has 4 aromatic rings. The lowest BCUT2D eigenvalue weighted by Gasteiger charge is -2.12. The number of benzene rings is 1. The highest BCUT2D eigenvalue weighted by atomic mass is 32.2. The molecule has 1 aliphatic rings. The third-order valence-corrected chi connectivity index (χ3v) is 9.98. The maximum atomic E-state index is 13.4. The van der Waals surface area contributed by atoms with Gasteiger partial charge in [0.1, 0.15) is 4.83 Å². The van der Waals surface area contributed by atoms with Crippen molar-refractivity contribution in [3.8, 4) is 11.9 Å². The first-order valence-electron chi connectivity index (χ1n) is 12.9. The van der Waals surface area contributed by atoms with E-state index in [1.165, 1.54) is 49.4 Å². The molecule has 0 saturated carbocycles. The fraction of sp³-hybridized carbons (Fsp3) is 0.296. The molecule has 0 atom stereocenters. The van der Waals surface area contributed by atoms with Crippen LogP contribution in [0, 0.1) is 0 Å². The molecule has 42 heavy (non-hydrogen) atoms. The molecule has 0 unspecified atom stereocenters. The fourth-order valence-corrected chi connectivity index (χ4v) is 7.62. The summed E-state index contributed by atoms with van der Waals surface area (Å²) in [4.78, 5) is 40.7. The van der Waals surface area contributed by atoms with E-state index in [4.69, 9.17) is 14.5 Å². The fourth-order valence-electron chi connectivity index (χ4n) is 4.51. The molecule has 1 aromatic carbocycles. The number of rotatable bonds is 11. The second-order valence-corrected chi connectivity index (χ2v) is 12.9. The van der Waals surface area contributed by atoms with Crippen LogP contribution in [-0.2, 0) is 34.2 Å². The Morgan fingerprint density at radius 2 is 1.90 bits per heavy atom. The monoisotopic (exact) mass is 628 g/mol. The first-order valence-corrected chi connectivity index (χ1v) is 16.2. The molecule has 0 aliphatic heterocycles. The Hall–Kier alpha value is -3.95. The highest BCUT2D eigenvalue weighted by Crippen LogP contribution is 2.34. The molecule has 0 radical (unpaired) electrons. The lowest BCUT2D eigenvalue weighted by atomic mass is 9.97. The SMILES string of the molecule is C=CCn1c(SCC(=O)Nc2ccc(S(=O)(=O)Nc3cc(OC)nc(OC)n3)cc2)nc2sc3c(c2c1=O)CCCC3. The average Bonchev–Trinajstić information content (AvgIpc) is 3.36. The number of methoxy groups -OCH3 is 2. The smallest absolute Gasteiger partial charge is 0.321 e. The number of allylic oxidation sites excluding steroid dienone is 1. The van der Waals surface area contributed by atoms with Crippen molar-refractivity contribution in [1.29, 1.82) is 0 Å². The number of aryl methyl sites for hydroxylation is 2. The lowest BCUT2D eigenvalue weighted by Crippen LogP contribution is -2.24. The lowest BCUT2D eigenvalue weighted by molar-refractivity contribution is -0.113. The molecule has 0 saturated heterocycles. The molecule has 3 heterocycles. The van der Waals surface area contributed by atoms with Gasteiger partial charge in [0, 0.05) is 23.2 Å². The Kier molecular flexibility index (Phi) is 8.80. The van der Waals surface area contributed by atoms with Crippen LogP contribution in [0.4, 0.5) is 11.5 Å². The van der Waals surface area contributed by atoms with Gasteiger partial charge in [-0.3, -0.25) is 18.9 Å². The molecule has 12 nitrogen and oxygen atoms in total. The quantitative estimate of drug-likeness (QED) is 0.142. The highest BCUT2D eigenvalue weighted by Gasteiger charge is 2.22. The van der Waals surface area contributed by atoms with Gasteiger partial charge in [0.15, 0.2) is 11.0 Å². The maximum absolute atomic E-state index is 13.4. The number of thiophene rings is 1. The minimum absolute atomic E-state index is 0.000831. The first kappa shape index (κ1) is 29.5. The molecule has 3 aromatic heterocycles. The van der Waals surface area contributed by atoms with Gasteiger partial charge in [0.25, 0.3) is 15.6 Å². The van der Waals surface area contributed by atoms with E-state index in [2.05, 4.69) is 26.6 Å². The summed E-state index contributed by atoms with van der Waals surface area (Å²) in [6.45, 7) is 4.06. The van der Waals surface area contributed by atoms with E-state index < -0.39 is 10.0 Å². The van der Waals surface area contributed by atoms with Crippen LogP contribution in [0.1, 0.15) is 23.3 Å². The number of sulfonamides is 1. The number of hydrogen-bond acceptors (Lipinski definition) is 11. The Labute approximate surface area is 250 Å². The second-order valence-electron chi connectivity index (χ2n) is 9.24. The largest absolute Gasteiger partial charge is 0.481 e. The van der Waals surface area contributed by atoms with Gasteiger partial charge in [-0.1, -0.05) is 17.8 Å². The van der Waals surface area contributed by atoms with Crippen LogP contribution >= 0.6 is 23.1 Å². The zero-order chi connectivity index (χ0) is 29.9. The van der Waals surface area contributed by atoms with Gasteiger partial charge in [-0.05, 0) is 55.5 Å². The van der Waals surface area contributed by atoms with E-state index in [0.29, 0.717) is 21.1 Å². The number of aromatic nitrogens is 4. The summed E-state index contributed by atoms with van der Waals surface area (Å²) in [5.74, 6) is -0.239. The maximum Gasteiger partial charge on any atom is 0.321 e. The van der Waals surface area contributed by atoms with Crippen LogP contribution in [0.5, 0.6) is 11.9 Å². The molecule has 0 bridgehead atoms. The van der Waals surface area contributed by atoms with Crippen LogP contribution in [-0.4, -0.2) is 53.8 Å². The second kappa shape index (κ2) is 12.5. The van der Waals surface area contributed by atoms with Gasteiger partial charge >= 0.3 is 6.01 Å². The summed E-state index contributed by atoms with van der Waals surface area (Å²) in [5, 5.41) is 3.89. The van der Waals surface area contributed by atoms with Crippen LogP contribution in [0.3, 0.4) is 0 Å². The van der Waals surface area contributed by atoms with Gasteiger partial charge < -0.3 is 14.8 Å². The number of nitrogens with zero attached hydrogens (tertiary/aromatic N) is 4. The summed E-state index contributed by atoms with van der Waals surface area (Å²) >= 11 is 2.73. The van der Waals surface area contributed by atoms with Gasteiger partial charge in [-0.2, -0.15) is 9.97 Å². The molecule has 0 fully saturated rings. The van der Waals surface area contributed by atoms with Crippen molar-refractivity contribution >= 4 is 60.8 Å². The van der Waals surface area contributed by atoms with Crippen molar-refractivity contribution in [3.05, 3.63) is 63.8 Å². The Morgan fingerprint density at radius 3 is 2.62 bits per heavy atom. The molecule has 2 N–H and O–H groups in total. The van der Waals surface area contributed by atoms with E-state index in [0.717, 1.165) is 43.0 Å². The Balaban J connectivity index is 1.27. The van der Waals surface area contributed by atoms with Crippen LogP contribution in [0.25, 0.3) is 10.2 Å². The molecular formula is C27H28N6O6S3. The zero-order valence-electron chi connectivity index (χ0n) is 22.9.